The van der Waals surface area contributed by atoms with Crippen molar-refractivity contribution in [2.75, 3.05) is 13.1 Å². The van der Waals surface area contributed by atoms with Crippen molar-refractivity contribution in [3.63, 3.8) is 0 Å². The highest BCUT2D eigenvalue weighted by atomic mass is 32.2. The summed E-state index contributed by atoms with van der Waals surface area (Å²) in [5.74, 6) is -0.131. The van der Waals surface area contributed by atoms with Gasteiger partial charge < -0.3 is 4.90 Å². The summed E-state index contributed by atoms with van der Waals surface area (Å²) in [7, 11) is -3.83. The van der Waals surface area contributed by atoms with Gasteiger partial charge in [0.05, 0.1) is 4.90 Å². The zero-order valence-electron chi connectivity index (χ0n) is 12.9. The van der Waals surface area contributed by atoms with E-state index in [1.54, 1.807) is 24.8 Å². The lowest BCUT2D eigenvalue weighted by atomic mass is 9.93. The molecule has 0 atom stereocenters. The van der Waals surface area contributed by atoms with E-state index >= 15 is 0 Å². The second-order valence-corrected chi connectivity index (χ2v) is 8.13. The number of nitrogens with zero attached hydrogens (tertiary/aromatic N) is 1. The van der Waals surface area contributed by atoms with E-state index in [1.807, 2.05) is 0 Å². The fourth-order valence-electron chi connectivity index (χ4n) is 2.71. The SMILES string of the molecule is Cc1cc(C(=O)N2CCC(C)(C)C2)cc(S(N)(=O)=O)c1C. The van der Waals surface area contributed by atoms with Gasteiger partial charge in [-0.15, -0.1) is 0 Å². The normalized spacial score (nSPS) is 18.0. The lowest BCUT2D eigenvalue weighted by molar-refractivity contribution is 0.0778. The summed E-state index contributed by atoms with van der Waals surface area (Å²) in [6.07, 6.45) is 0.950. The van der Waals surface area contributed by atoms with Gasteiger partial charge in [0, 0.05) is 18.7 Å². The maximum Gasteiger partial charge on any atom is 0.253 e. The molecule has 0 saturated carbocycles. The first-order valence-electron chi connectivity index (χ1n) is 6.95. The average Bonchev–Trinajstić information content (AvgIpc) is 2.70. The Hall–Kier alpha value is -1.40. The number of benzene rings is 1. The van der Waals surface area contributed by atoms with Crippen LogP contribution < -0.4 is 5.14 Å². The minimum Gasteiger partial charge on any atom is -0.338 e. The van der Waals surface area contributed by atoms with E-state index in [0.29, 0.717) is 24.2 Å². The number of nitrogens with two attached hydrogens (primary N) is 1. The Morgan fingerprint density at radius 1 is 1.29 bits per heavy atom. The summed E-state index contributed by atoms with van der Waals surface area (Å²) < 4.78 is 23.3. The van der Waals surface area contributed by atoms with Crippen molar-refractivity contribution < 1.29 is 13.2 Å². The second kappa shape index (κ2) is 5.10. The van der Waals surface area contributed by atoms with Gasteiger partial charge in [-0.2, -0.15) is 0 Å². The average molecular weight is 310 g/mol. The van der Waals surface area contributed by atoms with Gasteiger partial charge in [-0.1, -0.05) is 13.8 Å². The van der Waals surface area contributed by atoms with Crippen LogP contribution in [-0.4, -0.2) is 32.3 Å². The number of rotatable bonds is 2. The molecule has 1 aromatic rings. The number of aryl methyl sites for hydroxylation is 1. The maximum atomic E-state index is 12.6. The summed E-state index contributed by atoms with van der Waals surface area (Å²) in [4.78, 5) is 14.4. The number of likely N-dealkylation sites (tertiary alicyclic amines) is 1. The Morgan fingerprint density at radius 3 is 2.38 bits per heavy atom. The number of primary sulfonamides is 1. The number of hydrogen-bond donors (Lipinski definition) is 1. The maximum absolute atomic E-state index is 12.6. The van der Waals surface area contributed by atoms with Crippen LogP contribution >= 0.6 is 0 Å². The van der Waals surface area contributed by atoms with Crippen molar-refractivity contribution in [1.82, 2.24) is 4.90 Å². The first-order chi connectivity index (χ1) is 9.51. The van der Waals surface area contributed by atoms with Crippen LogP contribution in [0.1, 0.15) is 41.8 Å². The lowest BCUT2D eigenvalue weighted by Crippen LogP contribution is -2.30. The molecule has 6 heteroatoms. The molecule has 1 amide bonds. The molecule has 0 bridgehead atoms. The highest BCUT2D eigenvalue weighted by Crippen LogP contribution is 2.30. The smallest absolute Gasteiger partial charge is 0.253 e. The largest absolute Gasteiger partial charge is 0.338 e. The predicted molar refractivity (Wildman–Crippen MR) is 81.6 cm³/mol. The highest BCUT2D eigenvalue weighted by Gasteiger charge is 2.32. The number of carbonyl (C=O) groups is 1. The lowest BCUT2D eigenvalue weighted by Gasteiger charge is -2.20. The topological polar surface area (TPSA) is 80.5 Å². The van der Waals surface area contributed by atoms with Gasteiger partial charge in [-0.05, 0) is 48.9 Å². The molecule has 0 aromatic heterocycles. The fourth-order valence-corrected chi connectivity index (χ4v) is 3.59. The van der Waals surface area contributed by atoms with Crippen molar-refractivity contribution in [3.05, 3.63) is 28.8 Å². The van der Waals surface area contributed by atoms with Crippen LogP contribution in [0.25, 0.3) is 0 Å². The van der Waals surface area contributed by atoms with Crippen LogP contribution in [-0.2, 0) is 10.0 Å². The molecule has 0 aliphatic carbocycles. The Morgan fingerprint density at radius 2 is 1.90 bits per heavy atom. The van der Waals surface area contributed by atoms with Crippen molar-refractivity contribution in [3.8, 4) is 0 Å². The third kappa shape index (κ3) is 3.27. The summed E-state index contributed by atoms with van der Waals surface area (Å²) in [6, 6.07) is 3.13. The van der Waals surface area contributed by atoms with Crippen LogP contribution in [0.2, 0.25) is 0 Å². The number of carbonyl (C=O) groups excluding carboxylic acids is 1. The molecular weight excluding hydrogens is 288 g/mol. The third-order valence-corrected chi connectivity index (χ3v) is 5.17. The Kier molecular flexibility index (Phi) is 3.88. The zero-order valence-corrected chi connectivity index (χ0v) is 13.8. The van der Waals surface area contributed by atoms with Gasteiger partial charge in [0.15, 0.2) is 0 Å². The predicted octanol–water partition coefficient (Wildman–Crippen LogP) is 1.82. The summed E-state index contributed by atoms with van der Waals surface area (Å²) in [6.45, 7) is 9.11. The summed E-state index contributed by atoms with van der Waals surface area (Å²) in [5.41, 5.74) is 1.84. The monoisotopic (exact) mass is 310 g/mol. The van der Waals surface area contributed by atoms with Gasteiger partial charge in [0.1, 0.15) is 0 Å². The molecule has 0 unspecified atom stereocenters. The Balaban J connectivity index is 2.42. The first kappa shape index (κ1) is 16.0. The second-order valence-electron chi connectivity index (χ2n) is 6.60. The highest BCUT2D eigenvalue weighted by molar-refractivity contribution is 7.89. The summed E-state index contributed by atoms with van der Waals surface area (Å²) >= 11 is 0. The van der Waals surface area contributed by atoms with Crippen LogP contribution in [0, 0.1) is 19.3 Å². The standard InChI is InChI=1S/C15H22N2O3S/c1-10-7-12(8-13(11(10)2)21(16,19)20)14(18)17-6-5-15(3,4)9-17/h7-8H,5-6,9H2,1-4H3,(H2,16,19,20). The number of hydrogen-bond acceptors (Lipinski definition) is 3. The Labute approximate surface area is 126 Å². The van der Waals surface area contributed by atoms with Crippen molar-refractivity contribution in [2.45, 2.75) is 39.0 Å². The van der Waals surface area contributed by atoms with Crippen LogP contribution in [0.5, 0.6) is 0 Å². The van der Waals surface area contributed by atoms with E-state index < -0.39 is 10.0 Å². The van der Waals surface area contributed by atoms with Crippen LogP contribution in [0.4, 0.5) is 0 Å². The van der Waals surface area contributed by atoms with Gasteiger partial charge >= 0.3 is 0 Å². The van der Waals surface area contributed by atoms with Gasteiger partial charge in [-0.25, -0.2) is 13.6 Å². The molecule has 2 N–H and O–H groups in total. The van der Waals surface area contributed by atoms with E-state index in [9.17, 15) is 13.2 Å². The molecule has 1 aliphatic rings. The quantitative estimate of drug-likeness (QED) is 0.905. The van der Waals surface area contributed by atoms with Gasteiger partial charge in [0.25, 0.3) is 5.91 Å². The van der Waals surface area contributed by atoms with E-state index in [1.165, 1.54) is 6.07 Å². The fraction of sp³-hybridized carbons (Fsp3) is 0.533. The summed E-state index contributed by atoms with van der Waals surface area (Å²) in [5, 5.41) is 5.24. The molecule has 1 saturated heterocycles. The van der Waals surface area contributed by atoms with E-state index in [0.717, 1.165) is 12.0 Å². The molecule has 0 spiro atoms. The number of amides is 1. The molecule has 5 nitrogen and oxygen atoms in total. The number of sulfonamides is 1. The minimum atomic E-state index is -3.83. The van der Waals surface area contributed by atoms with Crippen LogP contribution in [0.15, 0.2) is 17.0 Å². The van der Waals surface area contributed by atoms with E-state index in [-0.39, 0.29) is 16.2 Å². The molecule has 1 aromatic carbocycles. The molecule has 0 radical (unpaired) electrons. The van der Waals surface area contributed by atoms with E-state index in [2.05, 4.69) is 13.8 Å². The van der Waals surface area contributed by atoms with Gasteiger partial charge in [0.2, 0.25) is 10.0 Å². The van der Waals surface area contributed by atoms with Crippen molar-refractivity contribution in [1.29, 1.82) is 0 Å². The van der Waals surface area contributed by atoms with Crippen molar-refractivity contribution >= 4 is 15.9 Å². The Bertz CT molecular complexity index is 693. The molecular formula is C15H22N2O3S. The molecule has 1 fully saturated rings. The van der Waals surface area contributed by atoms with E-state index in [4.69, 9.17) is 5.14 Å². The van der Waals surface area contributed by atoms with Crippen LogP contribution in [0.3, 0.4) is 0 Å². The molecule has 2 rings (SSSR count). The third-order valence-electron chi connectivity index (χ3n) is 4.14. The van der Waals surface area contributed by atoms with Crippen molar-refractivity contribution in [2.24, 2.45) is 10.6 Å². The molecule has 116 valence electrons. The molecule has 1 aliphatic heterocycles. The van der Waals surface area contributed by atoms with Gasteiger partial charge in [-0.3, -0.25) is 4.79 Å². The minimum absolute atomic E-state index is 0.0318. The zero-order chi connectivity index (χ0) is 16.0. The molecule has 21 heavy (non-hydrogen) atoms. The first-order valence-corrected chi connectivity index (χ1v) is 8.49. The molecule has 1 heterocycles.